The lowest BCUT2D eigenvalue weighted by molar-refractivity contribution is 0.102. The molecule has 1 amide bonds. The lowest BCUT2D eigenvalue weighted by Gasteiger charge is -2.09. The monoisotopic (exact) mass is 385 g/mol. The topological polar surface area (TPSA) is 81.9 Å². The molecule has 0 fully saturated rings. The molecule has 0 aliphatic rings. The molecule has 4 rings (SSSR count). The lowest BCUT2D eigenvalue weighted by Crippen LogP contribution is -2.11. The third kappa shape index (κ3) is 4.30. The van der Waals surface area contributed by atoms with Crippen LogP contribution in [0.4, 0.5) is 5.69 Å². The quantitative estimate of drug-likeness (QED) is 0.553. The van der Waals surface area contributed by atoms with Gasteiger partial charge in [-0.3, -0.25) is 4.79 Å². The van der Waals surface area contributed by atoms with E-state index in [1.165, 1.54) is 6.33 Å². The summed E-state index contributed by atoms with van der Waals surface area (Å²) in [6.45, 7) is 3.89. The summed E-state index contributed by atoms with van der Waals surface area (Å²) in [6.07, 6.45) is 1.44. The molecule has 4 aromatic rings. The van der Waals surface area contributed by atoms with Crippen molar-refractivity contribution in [2.75, 3.05) is 5.32 Å². The van der Waals surface area contributed by atoms with Crippen LogP contribution in [0.2, 0.25) is 0 Å². The van der Waals surface area contributed by atoms with E-state index in [-0.39, 0.29) is 5.91 Å². The minimum absolute atomic E-state index is 0.162. The van der Waals surface area contributed by atoms with Crippen LogP contribution in [-0.4, -0.2) is 25.7 Å². The maximum atomic E-state index is 12.2. The number of ether oxygens (including phenoxy) is 1. The summed E-state index contributed by atoms with van der Waals surface area (Å²) in [7, 11) is 0. The van der Waals surface area contributed by atoms with E-state index in [0.717, 1.165) is 11.4 Å². The third-order valence-corrected chi connectivity index (χ3v) is 4.22. The maximum absolute atomic E-state index is 12.2. The molecule has 7 nitrogen and oxygen atoms in total. The zero-order valence-corrected chi connectivity index (χ0v) is 16.0. The molecule has 0 unspecified atom stereocenters. The molecule has 0 spiro atoms. The van der Waals surface area contributed by atoms with Crippen molar-refractivity contribution in [3.63, 3.8) is 0 Å². The number of carbonyl (C=O) groups is 1. The van der Waals surface area contributed by atoms with Gasteiger partial charge in [0.05, 0.1) is 5.69 Å². The Morgan fingerprint density at radius 2 is 1.72 bits per heavy atom. The Labute approximate surface area is 168 Å². The van der Waals surface area contributed by atoms with Crippen LogP contribution < -0.4 is 10.1 Å². The predicted molar refractivity (Wildman–Crippen MR) is 110 cm³/mol. The van der Waals surface area contributed by atoms with Crippen molar-refractivity contribution in [3.8, 4) is 17.4 Å². The van der Waals surface area contributed by atoms with Gasteiger partial charge < -0.3 is 10.1 Å². The zero-order chi connectivity index (χ0) is 20.2. The van der Waals surface area contributed by atoms with E-state index in [9.17, 15) is 4.79 Å². The number of nitrogens with zero attached hydrogens (tertiary/aromatic N) is 4. The lowest BCUT2D eigenvalue weighted by atomic mass is 10.2. The second-order valence-corrected chi connectivity index (χ2v) is 6.50. The highest BCUT2D eigenvalue weighted by Gasteiger charge is 2.09. The largest absolute Gasteiger partial charge is 0.439 e. The summed E-state index contributed by atoms with van der Waals surface area (Å²) in [5, 5.41) is 7.28. The smallest absolute Gasteiger partial charge is 0.255 e. The number of anilines is 1. The van der Waals surface area contributed by atoms with Gasteiger partial charge >= 0.3 is 0 Å². The summed E-state index contributed by atoms with van der Waals surface area (Å²) in [5.74, 6) is 1.47. The fourth-order valence-corrected chi connectivity index (χ4v) is 2.88. The van der Waals surface area contributed by atoms with Crippen molar-refractivity contribution >= 4 is 11.6 Å². The summed E-state index contributed by atoms with van der Waals surface area (Å²) in [6, 6.07) is 19.9. The second kappa shape index (κ2) is 7.93. The molecule has 144 valence electrons. The number of rotatable bonds is 5. The van der Waals surface area contributed by atoms with E-state index >= 15 is 0 Å². The van der Waals surface area contributed by atoms with Crippen LogP contribution >= 0.6 is 0 Å². The first kappa shape index (κ1) is 18.4. The van der Waals surface area contributed by atoms with Gasteiger partial charge in [0.15, 0.2) is 5.82 Å². The van der Waals surface area contributed by atoms with Crippen LogP contribution in [0.1, 0.15) is 21.7 Å². The van der Waals surface area contributed by atoms with Gasteiger partial charge in [-0.15, -0.1) is 0 Å². The SMILES string of the molecule is Cc1cc(C)n(-c2cc(Oc3ccc(NC(=O)c4ccccc4)cc3)ncn2)n1. The van der Waals surface area contributed by atoms with Gasteiger partial charge in [0.2, 0.25) is 5.88 Å². The van der Waals surface area contributed by atoms with Crippen molar-refractivity contribution in [1.82, 2.24) is 19.7 Å². The summed E-state index contributed by atoms with van der Waals surface area (Å²) in [4.78, 5) is 20.6. The minimum atomic E-state index is -0.162. The van der Waals surface area contributed by atoms with Gasteiger partial charge in [0.25, 0.3) is 5.91 Å². The van der Waals surface area contributed by atoms with E-state index in [4.69, 9.17) is 4.74 Å². The van der Waals surface area contributed by atoms with Gasteiger partial charge in [0.1, 0.15) is 12.1 Å². The average molecular weight is 385 g/mol. The van der Waals surface area contributed by atoms with Crippen LogP contribution in [0.15, 0.2) is 73.1 Å². The van der Waals surface area contributed by atoms with E-state index in [0.29, 0.717) is 28.7 Å². The molecule has 2 heterocycles. The molecule has 0 saturated heterocycles. The molecule has 2 aromatic carbocycles. The Bertz CT molecular complexity index is 1140. The molecule has 0 bridgehead atoms. The van der Waals surface area contributed by atoms with E-state index in [1.54, 1.807) is 47.1 Å². The first-order valence-corrected chi connectivity index (χ1v) is 9.08. The number of hydrogen-bond acceptors (Lipinski definition) is 5. The first-order valence-electron chi connectivity index (χ1n) is 9.08. The fourth-order valence-electron chi connectivity index (χ4n) is 2.88. The number of amides is 1. The van der Waals surface area contributed by atoms with E-state index in [1.807, 2.05) is 38.1 Å². The van der Waals surface area contributed by atoms with Crippen LogP contribution in [0.25, 0.3) is 5.82 Å². The minimum Gasteiger partial charge on any atom is -0.439 e. The normalized spacial score (nSPS) is 10.6. The van der Waals surface area contributed by atoms with Crippen LogP contribution in [0, 0.1) is 13.8 Å². The standard InChI is InChI=1S/C22H19N5O2/c1-15-12-16(2)27(26-15)20-13-21(24-14-23-20)29-19-10-8-18(9-11-19)25-22(28)17-6-4-3-5-7-17/h3-14H,1-2H3,(H,25,28). The van der Waals surface area contributed by atoms with E-state index < -0.39 is 0 Å². The van der Waals surface area contributed by atoms with Crippen molar-refractivity contribution < 1.29 is 9.53 Å². The van der Waals surface area contributed by atoms with Crippen molar-refractivity contribution in [2.45, 2.75) is 13.8 Å². The van der Waals surface area contributed by atoms with Gasteiger partial charge in [0, 0.05) is 23.0 Å². The average Bonchev–Trinajstić information content (AvgIpc) is 3.08. The molecule has 7 heteroatoms. The highest BCUT2D eigenvalue weighted by Crippen LogP contribution is 2.23. The zero-order valence-electron chi connectivity index (χ0n) is 16.0. The summed E-state index contributed by atoms with van der Waals surface area (Å²) >= 11 is 0. The van der Waals surface area contributed by atoms with Crippen LogP contribution in [0.3, 0.4) is 0 Å². The molecular formula is C22H19N5O2. The highest BCUT2D eigenvalue weighted by atomic mass is 16.5. The molecule has 1 N–H and O–H groups in total. The fraction of sp³-hybridized carbons (Fsp3) is 0.0909. The van der Waals surface area contributed by atoms with E-state index in [2.05, 4.69) is 20.4 Å². The van der Waals surface area contributed by atoms with Gasteiger partial charge in [-0.25, -0.2) is 14.6 Å². The molecule has 0 radical (unpaired) electrons. The summed E-state index contributed by atoms with van der Waals surface area (Å²) in [5.41, 5.74) is 3.17. The molecular weight excluding hydrogens is 366 g/mol. The van der Waals surface area contributed by atoms with Gasteiger partial charge in [-0.2, -0.15) is 5.10 Å². The number of aryl methyl sites for hydroxylation is 2. The number of benzene rings is 2. The molecule has 0 aliphatic heterocycles. The molecule has 0 saturated carbocycles. The molecule has 2 aromatic heterocycles. The number of nitrogens with one attached hydrogen (secondary N) is 1. The molecule has 0 atom stereocenters. The Morgan fingerprint density at radius 1 is 0.966 bits per heavy atom. The number of carbonyl (C=O) groups excluding carboxylic acids is 1. The second-order valence-electron chi connectivity index (χ2n) is 6.50. The van der Waals surface area contributed by atoms with Crippen molar-refractivity contribution in [1.29, 1.82) is 0 Å². The van der Waals surface area contributed by atoms with Crippen molar-refractivity contribution in [2.24, 2.45) is 0 Å². The summed E-state index contributed by atoms with van der Waals surface area (Å²) < 4.78 is 7.57. The highest BCUT2D eigenvalue weighted by molar-refractivity contribution is 6.04. The first-order chi connectivity index (χ1) is 14.1. The number of hydrogen-bond donors (Lipinski definition) is 1. The van der Waals surface area contributed by atoms with Crippen LogP contribution in [-0.2, 0) is 0 Å². The van der Waals surface area contributed by atoms with Crippen molar-refractivity contribution in [3.05, 3.63) is 90.0 Å². The Kier molecular flexibility index (Phi) is 5.03. The van der Waals surface area contributed by atoms with Gasteiger partial charge in [-0.05, 0) is 56.3 Å². The Morgan fingerprint density at radius 3 is 2.41 bits per heavy atom. The van der Waals surface area contributed by atoms with Crippen LogP contribution in [0.5, 0.6) is 11.6 Å². The molecule has 29 heavy (non-hydrogen) atoms. The Balaban J connectivity index is 1.46. The predicted octanol–water partition coefficient (Wildman–Crippen LogP) is 4.32. The molecule has 0 aliphatic carbocycles. The Hall–Kier alpha value is -4.00. The number of aromatic nitrogens is 4. The van der Waals surface area contributed by atoms with Gasteiger partial charge in [-0.1, -0.05) is 18.2 Å². The third-order valence-electron chi connectivity index (χ3n) is 4.22. The maximum Gasteiger partial charge on any atom is 0.255 e.